The van der Waals surface area contributed by atoms with Crippen LogP contribution in [0.15, 0.2) is 29.2 Å². The molecule has 0 aliphatic rings. The van der Waals surface area contributed by atoms with Crippen molar-refractivity contribution in [1.29, 1.82) is 0 Å². The minimum Gasteiger partial charge on any atom is -0.383 e. The lowest BCUT2D eigenvalue weighted by molar-refractivity contribution is 0.164. The Morgan fingerprint density at radius 3 is 3.00 bits per heavy atom. The lowest BCUT2D eigenvalue weighted by Gasteiger charge is -2.17. The zero-order valence-corrected chi connectivity index (χ0v) is 10.8. The summed E-state index contributed by atoms with van der Waals surface area (Å²) in [5.74, 6) is 0.603. The normalized spacial score (nSPS) is 12.6. The zero-order chi connectivity index (χ0) is 12.5. The summed E-state index contributed by atoms with van der Waals surface area (Å²) in [6.45, 7) is 2.02. The van der Waals surface area contributed by atoms with Crippen LogP contribution in [0.3, 0.4) is 0 Å². The van der Waals surface area contributed by atoms with Crippen molar-refractivity contribution in [3.63, 3.8) is 0 Å². The molecule has 1 atom stereocenters. The van der Waals surface area contributed by atoms with Crippen LogP contribution >= 0.6 is 11.6 Å². The highest BCUT2D eigenvalue weighted by Crippen LogP contribution is 1.95. The summed E-state index contributed by atoms with van der Waals surface area (Å²) >= 11 is 5.70. The number of hydrogen-bond acceptors (Lipinski definition) is 3. The first-order valence-electron chi connectivity index (χ1n) is 5.71. The number of nitrogens with one attached hydrogen (secondary N) is 1. The van der Waals surface area contributed by atoms with Crippen LogP contribution in [0, 0.1) is 0 Å². The van der Waals surface area contributed by atoms with Crippen LogP contribution < -0.4 is 10.9 Å². The van der Waals surface area contributed by atoms with Crippen LogP contribution in [0.25, 0.3) is 0 Å². The standard InChI is InChI=1S/C12H19ClN2O2/c1-17-10-11(5-6-13)14-7-9-15-8-3-2-4-12(15)16/h2-4,8,11,14H,5-7,9-10H2,1H3. The summed E-state index contributed by atoms with van der Waals surface area (Å²) in [4.78, 5) is 11.4. The van der Waals surface area contributed by atoms with Crippen molar-refractivity contribution in [2.24, 2.45) is 0 Å². The van der Waals surface area contributed by atoms with Gasteiger partial charge in [0, 0.05) is 44.4 Å². The van der Waals surface area contributed by atoms with Gasteiger partial charge in [0.1, 0.15) is 0 Å². The Morgan fingerprint density at radius 1 is 1.53 bits per heavy atom. The first kappa shape index (κ1) is 14.2. The third-order valence-corrected chi connectivity index (χ3v) is 2.73. The van der Waals surface area contributed by atoms with Gasteiger partial charge in [-0.3, -0.25) is 4.79 Å². The molecular formula is C12H19ClN2O2. The molecule has 1 aromatic heterocycles. The maximum absolute atomic E-state index is 11.4. The van der Waals surface area contributed by atoms with E-state index in [-0.39, 0.29) is 11.6 Å². The third kappa shape index (κ3) is 5.35. The molecule has 5 heteroatoms. The predicted molar refractivity (Wildman–Crippen MR) is 69.7 cm³/mol. The number of nitrogens with zero attached hydrogens (tertiary/aromatic N) is 1. The number of rotatable bonds is 8. The van der Waals surface area contributed by atoms with Crippen molar-refractivity contribution in [2.45, 2.75) is 19.0 Å². The van der Waals surface area contributed by atoms with Crippen molar-refractivity contribution in [3.05, 3.63) is 34.7 Å². The Labute approximate surface area is 107 Å². The molecule has 0 saturated heterocycles. The maximum atomic E-state index is 11.4. The molecule has 0 amide bonds. The van der Waals surface area contributed by atoms with E-state index in [0.29, 0.717) is 19.0 Å². The maximum Gasteiger partial charge on any atom is 0.250 e. The van der Waals surface area contributed by atoms with Crippen LogP contribution in [0.5, 0.6) is 0 Å². The van der Waals surface area contributed by atoms with Gasteiger partial charge in [0.2, 0.25) is 0 Å². The Bertz CT molecular complexity index is 362. The molecule has 1 unspecified atom stereocenters. The van der Waals surface area contributed by atoms with Gasteiger partial charge in [-0.2, -0.15) is 0 Å². The molecule has 17 heavy (non-hydrogen) atoms. The molecule has 0 saturated carbocycles. The topological polar surface area (TPSA) is 43.3 Å². The average molecular weight is 259 g/mol. The van der Waals surface area contributed by atoms with Gasteiger partial charge in [0.15, 0.2) is 0 Å². The Kier molecular flexibility index (Phi) is 6.93. The summed E-state index contributed by atoms with van der Waals surface area (Å²) < 4.78 is 6.77. The molecule has 0 bridgehead atoms. The Balaban J connectivity index is 2.35. The molecule has 4 nitrogen and oxygen atoms in total. The summed E-state index contributed by atoms with van der Waals surface area (Å²) in [7, 11) is 1.67. The van der Waals surface area contributed by atoms with Gasteiger partial charge >= 0.3 is 0 Å². The molecule has 1 N–H and O–H groups in total. The predicted octanol–water partition coefficient (Wildman–Crippen LogP) is 1.08. The largest absolute Gasteiger partial charge is 0.383 e. The molecule has 1 aromatic rings. The third-order valence-electron chi connectivity index (χ3n) is 2.51. The van der Waals surface area contributed by atoms with E-state index in [1.165, 1.54) is 0 Å². The molecule has 0 fully saturated rings. The van der Waals surface area contributed by atoms with Gasteiger partial charge < -0.3 is 14.6 Å². The van der Waals surface area contributed by atoms with E-state index in [0.717, 1.165) is 13.0 Å². The fraction of sp³-hybridized carbons (Fsp3) is 0.583. The Hall–Kier alpha value is -0.840. The average Bonchev–Trinajstić information content (AvgIpc) is 2.32. The van der Waals surface area contributed by atoms with E-state index in [4.69, 9.17) is 16.3 Å². The summed E-state index contributed by atoms with van der Waals surface area (Å²) in [6, 6.07) is 5.41. The summed E-state index contributed by atoms with van der Waals surface area (Å²) in [6.07, 6.45) is 2.65. The highest BCUT2D eigenvalue weighted by molar-refractivity contribution is 6.17. The summed E-state index contributed by atoms with van der Waals surface area (Å²) in [5, 5.41) is 3.33. The van der Waals surface area contributed by atoms with Crippen molar-refractivity contribution >= 4 is 11.6 Å². The van der Waals surface area contributed by atoms with E-state index in [9.17, 15) is 4.79 Å². The van der Waals surface area contributed by atoms with E-state index < -0.39 is 0 Å². The van der Waals surface area contributed by atoms with Crippen molar-refractivity contribution < 1.29 is 4.74 Å². The van der Waals surface area contributed by atoms with Crippen molar-refractivity contribution in [3.8, 4) is 0 Å². The molecule has 1 heterocycles. The second-order valence-electron chi connectivity index (χ2n) is 3.82. The van der Waals surface area contributed by atoms with Gasteiger partial charge in [0.25, 0.3) is 5.56 Å². The van der Waals surface area contributed by atoms with Crippen LogP contribution in [0.4, 0.5) is 0 Å². The van der Waals surface area contributed by atoms with Crippen LogP contribution in [0.1, 0.15) is 6.42 Å². The van der Waals surface area contributed by atoms with Crippen LogP contribution in [-0.4, -0.2) is 36.8 Å². The fourth-order valence-corrected chi connectivity index (χ4v) is 1.88. The van der Waals surface area contributed by atoms with Gasteiger partial charge in [-0.25, -0.2) is 0 Å². The van der Waals surface area contributed by atoms with E-state index >= 15 is 0 Å². The molecule has 0 spiro atoms. The number of halogens is 1. The molecule has 1 rings (SSSR count). The molecule has 96 valence electrons. The number of methoxy groups -OCH3 is 1. The minimum absolute atomic E-state index is 0.0231. The van der Waals surface area contributed by atoms with Crippen LogP contribution in [0.2, 0.25) is 0 Å². The van der Waals surface area contributed by atoms with E-state index in [2.05, 4.69) is 5.32 Å². The second-order valence-corrected chi connectivity index (χ2v) is 4.19. The molecule has 0 radical (unpaired) electrons. The van der Waals surface area contributed by atoms with Gasteiger partial charge in [-0.15, -0.1) is 11.6 Å². The summed E-state index contributed by atoms with van der Waals surface area (Å²) in [5.41, 5.74) is 0.0231. The molecular weight excluding hydrogens is 240 g/mol. The Morgan fingerprint density at radius 2 is 2.35 bits per heavy atom. The van der Waals surface area contributed by atoms with Gasteiger partial charge in [0.05, 0.1) is 6.61 Å². The number of hydrogen-bond donors (Lipinski definition) is 1. The molecule has 0 aliphatic heterocycles. The SMILES string of the molecule is COCC(CCCl)NCCn1ccccc1=O. The van der Waals surface area contributed by atoms with E-state index in [1.54, 1.807) is 30.0 Å². The van der Waals surface area contributed by atoms with Crippen LogP contribution in [-0.2, 0) is 11.3 Å². The second kappa shape index (κ2) is 8.28. The quantitative estimate of drug-likeness (QED) is 0.710. The van der Waals surface area contributed by atoms with Crippen molar-refractivity contribution in [1.82, 2.24) is 9.88 Å². The number of ether oxygens (including phenoxy) is 1. The van der Waals surface area contributed by atoms with Gasteiger partial charge in [-0.1, -0.05) is 6.07 Å². The first-order chi connectivity index (χ1) is 8.27. The fourth-order valence-electron chi connectivity index (χ4n) is 1.61. The van der Waals surface area contributed by atoms with Crippen molar-refractivity contribution in [2.75, 3.05) is 26.1 Å². The first-order valence-corrected chi connectivity index (χ1v) is 6.25. The number of alkyl halides is 1. The number of pyridine rings is 1. The number of aromatic nitrogens is 1. The lowest BCUT2D eigenvalue weighted by atomic mass is 10.2. The highest BCUT2D eigenvalue weighted by Gasteiger charge is 2.06. The van der Waals surface area contributed by atoms with E-state index in [1.807, 2.05) is 6.07 Å². The van der Waals surface area contributed by atoms with Gasteiger partial charge in [-0.05, 0) is 12.5 Å². The molecule has 0 aromatic carbocycles. The molecule has 0 aliphatic carbocycles. The zero-order valence-electron chi connectivity index (χ0n) is 10.1. The minimum atomic E-state index is 0.0231. The highest BCUT2D eigenvalue weighted by atomic mass is 35.5. The smallest absolute Gasteiger partial charge is 0.250 e. The monoisotopic (exact) mass is 258 g/mol. The lowest BCUT2D eigenvalue weighted by Crippen LogP contribution is -2.37.